The minimum atomic E-state index is -0.168. The van der Waals surface area contributed by atoms with Crippen molar-refractivity contribution in [3.63, 3.8) is 0 Å². The number of carbonyl (C=O) groups is 1. The summed E-state index contributed by atoms with van der Waals surface area (Å²) in [6.07, 6.45) is 0.216. The molecule has 1 aromatic rings. The molecular formula is C15H24N2O3. The normalized spacial score (nSPS) is 10.7. The summed E-state index contributed by atoms with van der Waals surface area (Å²) in [6.45, 7) is 7.42. The quantitative estimate of drug-likeness (QED) is 0.632. The number of aliphatic hydroxyl groups is 1. The van der Waals surface area contributed by atoms with E-state index in [0.717, 1.165) is 11.3 Å². The van der Waals surface area contributed by atoms with Gasteiger partial charge in [-0.3, -0.25) is 4.79 Å². The number of ether oxygens (including phenoxy) is 1. The highest BCUT2D eigenvalue weighted by atomic mass is 16.5. The summed E-state index contributed by atoms with van der Waals surface area (Å²) in [4.78, 5) is 11.9. The number of nitrogens with one attached hydrogen (secondary N) is 2. The Hall–Kier alpha value is -1.59. The van der Waals surface area contributed by atoms with E-state index in [1.54, 1.807) is 6.07 Å². The topological polar surface area (TPSA) is 70.6 Å². The maximum absolute atomic E-state index is 11.9. The fraction of sp³-hybridized carbons (Fsp3) is 0.533. The van der Waals surface area contributed by atoms with Gasteiger partial charge in [0.2, 0.25) is 0 Å². The van der Waals surface area contributed by atoms with E-state index < -0.39 is 0 Å². The van der Waals surface area contributed by atoms with Crippen LogP contribution in [-0.2, 0) is 4.74 Å². The van der Waals surface area contributed by atoms with Crippen LogP contribution < -0.4 is 10.6 Å². The van der Waals surface area contributed by atoms with Crippen molar-refractivity contribution in [2.24, 2.45) is 0 Å². The van der Waals surface area contributed by atoms with Crippen molar-refractivity contribution in [2.45, 2.75) is 26.9 Å². The highest BCUT2D eigenvalue weighted by Crippen LogP contribution is 2.18. The Balaban J connectivity index is 2.62. The lowest BCUT2D eigenvalue weighted by atomic mass is 10.1. The van der Waals surface area contributed by atoms with E-state index in [2.05, 4.69) is 10.6 Å². The van der Waals surface area contributed by atoms with Gasteiger partial charge in [-0.2, -0.15) is 0 Å². The molecule has 1 rings (SSSR count). The third-order valence-corrected chi connectivity index (χ3v) is 2.84. The first kappa shape index (κ1) is 16.5. The van der Waals surface area contributed by atoms with Gasteiger partial charge >= 0.3 is 0 Å². The first-order valence-corrected chi connectivity index (χ1v) is 6.90. The fourth-order valence-corrected chi connectivity index (χ4v) is 1.82. The average molecular weight is 280 g/mol. The predicted octanol–water partition coefficient (Wildman–Crippen LogP) is 1.55. The maximum atomic E-state index is 11.9. The van der Waals surface area contributed by atoms with Crippen molar-refractivity contribution in [3.8, 4) is 0 Å². The van der Waals surface area contributed by atoms with E-state index in [1.807, 2.05) is 32.9 Å². The van der Waals surface area contributed by atoms with Gasteiger partial charge in [-0.15, -0.1) is 0 Å². The molecule has 0 fully saturated rings. The van der Waals surface area contributed by atoms with Crippen molar-refractivity contribution < 1.29 is 14.6 Å². The van der Waals surface area contributed by atoms with Crippen LogP contribution in [0.15, 0.2) is 18.2 Å². The molecule has 0 atom stereocenters. The minimum absolute atomic E-state index is 0.0602. The van der Waals surface area contributed by atoms with Crippen LogP contribution in [0, 0.1) is 6.92 Å². The van der Waals surface area contributed by atoms with Gasteiger partial charge in [-0.1, -0.05) is 6.07 Å². The Morgan fingerprint density at radius 2 is 2.10 bits per heavy atom. The molecule has 112 valence electrons. The van der Waals surface area contributed by atoms with Crippen molar-refractivity contribution in [1.82, 2.24) is 5.32 Å². The van der Waals surface area contributed by atoms with Gasteiger partial charge in [0, 0.05) is 24.3 Å². The molecule has 0 aliphatic heterocycles. The monoisotopic (exact) mass is 280 g/mol. The smallest absolute Gasteiger partial charge is 0.251 e. The summed E-state index contributed by atoms with van der Waals surface area (Å²) < 4.78 is 5.46. The van der Waals surface area contributed by atoms with Gasteiger partial charge < -0.3 is 20.5 Å². The molecule has 20 heavy (non-hydrogen) atoms. The Kier molecular flexibility index (Phi) is 7.04. The number of benzene rings is 1. The fourth-order valence-electron chi connectivity index (χ4n) is 1.82. The summed E-state index contributed by atoms with van der Waals surface area (Å²) in [6, 6.07) is 5.55. The van der Waals surface area contributed by atoms with Gasteiger partial charge in [0.25, 0.3) is 5.91 Å². The van der Waals surface area contributed by atoms with Crippen LogP contribution >= 0.6 is 0 Å². The van der Waals surface area contributed by atoms with Crippen LogP contribution in [0.25, 0.3) is 0 Å². The van der Waals surface area contributed by atoms with E-state index >= 15 is 0 Å². The van der Waals surface area contributed by atoms with Crippen LogP contribution in [0.2, 0.25) is 0 Å². The Morgan fingerprint density at radius 3 is 2.75 bits per heavy atom. The van der Waals surface area contributed by atoms with Crippen LogP contribution in [0.5, 0.6) is 0 Å². The number of hydrogen-bond acceptors (Lipinski definition) is 4. The van der Waals surface area contributed by atoms with Gasteiger partial charge in [0.1, 0.15) is 0 Å². The molecule has 0 bridgehead atoms. The van der Waals surface area contributed by atoms with Gasteiger partial charge in [0.05, 0.1) is 19.3 Å². The number of aliphatic hydroxyl groups excluding tert-OH is 1. The van der Waals surface area contributed by atoms with Crippen LogP contribution in [0.4, 0.5) is 5.69 Å². The Bertz CT molecular complexity index is 433. The zero-order chi connectivity index (χ0) is 15.0. The standard InChI is InChI=1S/C15H24N2O3/c1-11(2)20-10-8-16-14-6-4-5-13(12(14)3)15(19)17-7-9-18/h4-6,11,16,18H,7-10H2,1-3H3,(H,17,19). The molecule has 0 radical (unpaired) electrons. The lowest BCUT2D eigenvalue weighted by molar-refractivity contribution is 0.0870. The number of rotatable bonds is 8. The van der Waals surface area contributed by atoms with Crippen LogP contribution in [-0.4, -0.2) is 43.4 Å². The van der Waals surface area contributed by atoms with Gasteiger partial charge in [-0.05, 0) is 38.5 Å². The van der Waals surface area contributed by atoms with E-state index in [-0.39, 0.29) is 25.2 Å². The second-order valence-corrected chi connectivity index (χ2v) is 4.80. The molecule has 5 nitrogen and oxygen atoms in total. The molecule has 0 saturated carbocycles. The summed E-state index contributed by atoms with van der Waals surface area (Å²) in [5, 5.41) is 14.7. The lowest BCUT2D eigenvalue weighted by Gasteiger charge is -2.14. The number of anilines is 1. The molecule has 3 N–H and O–H groups in total. The number of amides is 1. The summed E-state index contributed by atoms with van der Waals surface area (Å²) >= 11 is 0. The van der Waals surface area contributed by atoms with E-state index in [0.29, 0.717) is 18.7 Å². The molecule has 0 unspecified atom stereocenters. The SMILES string of the molecule is Cc1c(NCCOC(C)C)cccc1C(=O)NCCO. The molecule has 0 saturated heterocycles. The van der Waals surface area contributed by atoms with Crippen LogP contribution in [0.3, 0.4) is 0 Å². The zero-order valence-electron chi connectivity index (χ0n) is 12.4. The lowest BCUT2D eigenvalue weighted by Crippen LogP contribution is -2.27. The molecular weight excluding hydrogens is 256 g/mol. The molecule has 0 aromatic heterocycles. The third kappa shape index (κ3) is 5.19. The highest BCUT2D eigenvalue weighted by molar-refractivity contribution is 5.97. The molecule has 0 aliphatic rings. The molecule has 1 aromatic carbocycles. The third-order valence-electron chi connectivity index (χ3n) is 2.84. The van der Waals surface area contributed by atoms with Gasteiger partial charge in [0.15, 0.2) is 0 Å². The van der Waals surface area contributed by atoms with Crippen molar-refractivity contribution >= 4 is 11.6 Å². The summed E-state index contributed by atoms with van der Waals surface area (Å²) in [5.41, 5.74) is 2.44. The molecule has 0 aliphatic carbocycles. The van der Waals surface area contributed by atoms with E-state index in [4.69, 9.17) is 9.84 Å². The molecule has 5 heteroatoms. The molecule has 0 heterocycles. The van der Waals surface area contributed by atoms with Crippen LogP contribution in [0.1, 0.15) is 29.8 Å². The molecule has 0 spiro atoms. The highest BCUT2D eigenvalue weighted by Gasteiger charge is 2.10. The largest absolute Gasteiger partial charge is 0.395 e. The zero-order valence-corrected chi connectivity index (χ0v) is 12.4. The predicted molar refractivity (Wildman–Crippen MR) is 80.2 cm³/mol. The number of hydrogen-bond donors (Lipinski definition) is 3. The van der Waals surface area contributed by atoms with Crippen molar-refractivity contribution in [2.75, 3.05) is 31.6 Å². The first-order chi connectivity index (χ1) is 9.56. The van der Waals surface area contributed by atoms with Gasteiger partial charge in [-0.25, -0.2) is 0 Å². The minimum Gasteiger partial charge on any atom is -0.395 e. The second kappa shape index (κ2) is 8.55. The van der Waals surface area contributed by atoms with Crippen molar-refractivity contribution in [3.05, 3.63) is 29.3 Å². The average Bonchev–Trinajstić information content (AvgIpc) is 2.42. The van der Waals surface area contributed by atoms with E-state index in [1.165, 1.54) is 0 Å². The van der Waals surface area contributed by atoms with E-state index in [9.17, 15) is 4.79 Å². The Labute approximate surface area is 120 Å². The number of carbonyl (C=O) groups excluding carboxylic acids is 1. The van der Waals surface area contributed by atoms with Crippen molar-refractivity contribution in [1.29, 1.82) is 0 Å². The second-order valence-electron chi connectivity index (χ2n) is 4.80. The Morgan fingerprint density at radius 1 is 1.35 bits per heavy atom. The summed E-state index contributed by atoms with van der Waals surface area (Å²) in [5.74, 6) is -0.168. The first-order valence-electron chi connectivity index (χ1n) is 6.90. The molecule has 1 amide bonds. The summed E-state index contributed by atoms with van der Waals surface area (Å²) in [7, 11) is 0. The maximum Gasteiger partial charge on any atom is 0.251 e.